The molecule has 1 aliphatic rings. The van der Waals surface area contributed by atoms with Gasteiger partial charge in [-0.05, 0) is 82.2 Å². The highest BCUT2D eigenvalue weighted by Gasteiger charge is 2.10. The van der Waals surface area contributed by atoms with E-state index in [-0.39, 0.29) is 0 Å². The van der Waals surface area contributed by atoms with Crippen molar-refractivity contribution in [3.8, 4) is 0 Å². The lowest BCUT2D eigenvalue weighted by Crippen LogP contribution is -2.20. The predicted molar refractivity (Wildman–Crippen MR) is 94.2 cm³/mol. The van der Waals surface area contributed by atoms with E-state index in [2.05, 4.69) is 48.3 Å². The first-order valence-corrected chi connectivity index (χ1v) is 9.46. The second-order valence-electron chi connectivity index (χ2n) is 6.00. The Morgan fingerprint density at radius 1 is 1.19 bits per heavy atom. The van der Waals surface area contributed by atoms with Gasteiger partial charge in [-0.15, -0.1) is 11.8 Å². The van der Waals surface area contributed by atoms with Crippen molar-refractivity contribution in [1.82, 2.24) is 10.2 Å². The summed E-state index contributed by atoms with van der Waals surface area (Å²) in [4.78, 5) is 4.01. The van der Waals surface area contributed by atoms with Crippen LogP contribution in [-0.4, -0.2) is 36.8 Å². The molecule has 1 fully saturated rings. The summed E-state index contributed by atoms with van der Waals surface area (Å²) in [7, 11) is 0. The molecule has 0 aromatic heterocycles. The van der Waals surface area contributed by atoms with Gasteiger partial charge < -0.3 is 10.2 Å². The van der Waals surface area contributed by atoms with Gasteiger partial charge in [-0.25, -0.2) is 0 Å². The minimum Gasteiger partial charge on any atom is -0.310 e. The van der Waals surface area contributed by atoms with Gasteiger partial charge >= 0.3 is 0 Å². The average Bonchev–Trinajstić information content (AvgIpc) is 3.03. The first-order valence-electron chi connectivity index (χ1n) is 8.48. The minimum absolute atomic E-state index is 0.458. The molecule has 1 aliphatic heterocycles. The van der Waals surface area contributed by atoms with Crippen molar-refractivity contribution in [1.29, 1.82) is 0 Å². The topological polar surface area (TPSA) is 15.3 Å². The van der Waals surface area contributed by atoms with Gasteiger partial charge in [-0.3, -0.25) is 0 Å². The molecule has 1 aromatic carbocycles. The van der Waals surface area contributed by atoms with Gasteiger partial charge in [0.15, 0.2) is 0 Å². The lowest BCUT2D eigenvalue weighted by atomic mass is 10.1. The van der Waals surface area contributed by atoms with E-state index >= 15 is 0 Å². The zero-order valence-electron chi connectivity index (χ0n) is 13.6. The Morgan fingerprint density at radius 2 is 1.90 bits per heavy atom. The molecule has 1 N–H and O–H groups in total. The van der Waals surface area contributed by atoms with Gasteiger partial charge in [0.1, 0.15) is 0 Å². The molecule has 0 aliphatic carbocycles. The molecule has 1 heterocycles. The van der Waals surface area contributed by atoms with Crippen molar-refractivity contribution in [2.24, 2.45) is 0 Å². The summed E-state index contributed by atoms with van der Waals surface area (Å²) < 4.78 is 0. The Kier molecular flexibility index (Phi) is 7.62. The van der Waals surface area contributed by atoms with Crippen LogP contribution in [0.1, 0.15) is 51.1 Å². The third kappa shape index (κ3) is 6.01. The molecule has 0 saturated carbocycles. The number of hydrogen-bond acceptors (Lipinski definition) is 3. The van der Waals surface area contributed by atoms with Gasteiger partial charge in [0.25, 0.3) is 0 Å². The maximum absolute atomic E-state index is 3.54. The van der Waals surface area contributed by atoms with Gasteiger partial charge in [0, 0.05) is 10.9 Å². The van der Waals surface area contributed by atoms with Crippen LogP contribution in [0.4, 0.5) is 0 Å². The summed E-state index contributed by atoms with van der Waals surface area (Å²) in [6.07, 6.45) is 5.30. The van der Waals surface area contributed by atoms with Crippen LogP contribution >= 0.6 is 11.8 Å². The maximum Gasteiger partial charge on any atom is 0.0291 e. The normalized spacial score (nSPS) is 17.2. The van der Waals surface area contributed by atoms with Gasteiger partial charge in [-0.2, -0.15) is 0 Å². The van der Waals surface area contributed by atoms with E-state index in [1.54, 1.807) is 0 Å². The Balaban J connectivity index is 1.66. The molecule has 3 heteroatoms. The highest BCUT2D eigenvalue weighted by Crippen LogP contribution is 2.22. The second kappa shape index (κ2) is 9.50. The van der Waals surface area contributed by atoms with Crippen LogP contribution in [-0.2, 0) is 0 Å². The highest BCUT2D eigenvalue weighted by molar-refractivity contribution is 7.99. The fourth-order valence-electron chi connectivity index (χ4n) is 2.82. The van der Waals surface area contributed by atoms with Crippen LogP contribution in [0.25, 0.3) is 0 Å². The molecular weight excluding hydrogens is 276 g/mol. The third-order valence-corrected chi connectivity index (χ3v) is 5.27. The van der Waals surface area contributed by atoms with Gasteiger partial charge in [0.2, 0.25) is 0 Å². The van der Waals surface area contributed by atoms with Crippen molar-refractivity contribution < 1.29 is 0 Å². The molecule has 0 radical (unpaired) electrons. The van der Waals surface area contributed by atoms with Crippen molar-refractivity contribution >= 4 is 11.8 Å². The van der Waals surface area contributed by atoms with Crippen LogP contribution in [0, 0.1) is 0 Å². The molecule has 1 aromatic rings. The summed E-state index contributed by atoms with van der Waals surface area (Å²) in [6, 6.07) is 9.56. The number of rotatable bonds is 9. The van der Waals surface area contributed by atoms with Crippen LogP contribution in [0.5, 0.6) is 0 Å². The zero-order valence-corrected chi connectivity index (χ0v) is 14.4. The van der Waals surface area contributed by atoms with Crippen LogP contribution in [0.2, 0.25) is 0 Å². The fourth-order valence-corrected chi connectivity index (χ4v) is 3.65. The van der Waals surface area contributed by atoms with Crippen molar-refractivity contribution in [2.45, 2.75) is 50.5 Å². The second-order valence-corrected chi connectivity index (χ2v) is 7.16. The van der Waals surface area contributed by atoms with E-state index in [4.69, 9.17) is 0 Å². The molecule has 2 rings (SSSR count). The third-order valence-electron chi connectivity index (χ3n) is 4.17. The van der Waals surface area contributed by atoms with E-state index in [1.807, 2.05) is 11.8 Å². The summed E-state index contributed by atoms with van der Waals surface area (Å²) in [5.74, 6) is 1.24. The first kappa shape index (κ1) is 16.9. The van der Waals surface area contributed by atoms with E-state index < -0.39 is 0 Å². The Labute approximate surface area is 134 Å². The SMILES string of the molecule is CCCNC(C)c1ccc(SCCCN2CCCC2)cc1. The number of benzene rings is 1. The molecule has 1 unspecified atom stereocenters. The smallest absolute Gasteiger partial charge is 0.0291 e. The number of nitrogens with one attached hydrogen (secondary N) is 1. The fraction of sp³-hybridized carbons (Fsp3) is 0.667. The first-order chi connectivity index (χ1) is 10.3. The van der Waals surface area contributed by atoms with E-state index in [0.717, 1.165) is 6.54 Å². The lowest BCUT2D eigenvalue weighted by Gasteiger charge is -2.15. The van der Waals surface area contributed by atoms with Crippen molar-refractivity contribution in [3.05, 3.63) is 29.8 Å². The molecule has 2 nitrogen and oxygen atoms in total. The number of thioether (sulfide) groups is 1. The van der Waals surface area contributed by atoms with Gasteiger partial charge in [-0.1, -0.05) is 19.1 Å². The zero-order chi connectivity index (χ0) is 14.9. The van der Waals surface area contributed by atoms with Crippen LogP contribution in [0.15, 0.2) is 29.2 Å². The summed E-state index contributed by atoms with van der Waals surface area (Å²) in [5, 5.41) is 3.54. The van der Waals surface area contributed by atoms with Gasteiger partial charge in [0.05, 0.1) is 0 Å². The van der Waals surface area contributed by atoms with Crippen molar-refractivity contribution in [3.63, 3.8) is 0 Å². The quantitative estimate of drug-likeness (QED) is 0.540. The molecule has 1 saturated heterocycles. The van der Waals surface area contributed by atoms with E-state index in [1.165, 1.54) is 61.5 Å². The summed E-state index contributed by atoms with van der Waals surface area (Å²) in [5.41, 5.74) is 1.39. The summed E-state index contributed by atoms with van der Waals surface area (Å²) in [6.45, 7) is 9.47. The van der Waals surface area contributed by atoms with Crippen LogP contribution < -0.4 is 5.32 Å². The Hall–Kier alpha value is -0.510. The minimum atomic E-state index is 0.458. The highest BCUT2D eigenvalue weighted by atomic mass is 32.2. The summed E-state index contributed by atoms with van der Waals surface area (Å²) >= 11 is 1.99. The lowest BCUT2D eigenvalue weighted by molar-refractivity contribution is 0.341. The maximum atomic E-state index is 3.54. The monoisotopic (exact) mass is 306 g/mol. The van der Waals surface area contributed by atoms with Crippen LogP contribution in [0.3, 0.4) is 0 Å². The molecule has 1 atom stereocenters. The number of likely N-dealkylation sites (tertiary alicyclic amines) is 1. The largest absolute Gasteiger partial charge is 0.310 e. The molecule has 21 heavy (non-hydrogen) atoms. The Morgan fingerprint density at radius 3 is 2.57 bits per heavy atom. The Bertz CT molecular complexity index is 385. The molecule has 118 valence electrons. The van der Waals surface area contributed by atoms with E-state index in [0.29, 0.717) is 6.04 Å². The molecule has 0 spiro atoms. The van der Waals surface area contributed by atoms with Crippen molar-refractivity contribution in [2.75, 3.05) is 31.9 Å². The molecule has 0 amide bonds. The molecular formula is C18H30N2S. The number of hydrogen-bond donors (Lipinski definition) is 1. The number of nitrogens with zero attached hydrogens (tertiary/aromatic N) is 1. The predicted octanol–water partition coefficient (Wildman–Crippen LogP) is 4.33. The average molecular weight is 307 g/mol. The van der Waals surface area contributed by atoms with E-state index in [9.17, 15) is 0 Å². The molecule has 0 bridgehead atoms. The standard InChI is InChI=1S/C18H30N2S/c1-3-11-19-16(2)17-7-9-18(10-8-17)21-15-6-14-20-12-4-5-13-20/h7-10,16,19H,3-6,11-15H2,1-2H3.